The van der Waals surface area contributed by atoms with Crippen LogP contribution in [-0.2, 0) is 6.18 Å². The number of rotatable bonds is 4. The Hall–Kier alpha value is -2.65. The number of carbonyl (C=O) groups excluding carboxylic acids is 1. The molecule has 10 heteroatoms. The third-order valence-electron chi connectivity index (χ3n) is 4.01. The zero-order chi connectivity index (χ0) is 17.3. The fraction of sp³-hybridized carbons (Fsp3) is 0.429. The third kappa shape index (κ3) is 3.31. The van der Waals surface area contributed by atoms with Crippen LogP contribution in [0.1, 0.15) is 35.1 Å². The van der Waals surface area contributed by atoms with E-state index in [1.165, 1.54) is 0 Å². The van der Waals surface area contributed by atoms with Crippen molar-refractivity contribution in [3.8, 4) is 0 Å². The molecule has 1 fully saturated rings. The van der Waals surface area contributed by atoms with Gasteiger partial charge >= 0.3 is 6.18 Å². The number of anilines is 1. The minimum absolute atomic E-state index is 0.0883. The second-order valence-electron chi connectivity index (χ2n) is 5.72. The number of nitrogens with two attached hydrogens (primary N) is 1. The average Bonchev–Trinajstić information content (AvgIpc) is 2.98. The molecule has 0 spiro atoms. The van der Waals surface area contributed by atoms with Gasteiger partial charge in [0.2, 0.25) is 0 Å². The molecule has 1 aliphatic carbocycles. The quantitative estimate of drug-likeness (QED) is 0.882. The highest BCUT2D eigenvalue weighted by Gasteiger charge is 2.34. The Morgan fingerprint density at radius 1 is 1.38 bits per heavy atom. The van der Waals surface area contributed by atoms with Gasteiger partial charge in [0.25, 0.3) is 5.91 Å². The zero-order valence-corrected chi connectivity index (χ0v) is 12.5. The number of aromatic nitrogens is 4. The summed E-state index contributed by atoms with van der Waals surface area (Å²) >= 11 is 0. The second-order valence-corrected chi connectivity index (χ2v) is 5.72. The SMILES string of the molecule is Nc1ccc(C(F)(F)F)nc1C(=O)NCC1CC(n2ccnn2)C1. The number of carbonyl (C=O) groups is 1. The van der Waals surface area contributed by atoms with E-state index in [-0.39, 0.29) is 17.6 Å². The van der Waals surface area contributed by atoms with Crippen LogP contribution >= 0.6 is 0 Å². The summed E-state index contributed by atoms with van der Waals surface area (Å²) in [5.74, 6) is -0.474. The van der Waals surface area contributed by atoms with Crippen molar-refractivity contribution in [2.75, 3.05) is 12.3 Å². The molecular formula is C14H15F3N6O. The molecule has 0 aromatic carbocycles. The lowest BCUT2D eigenvalue weighted by atomic mass is 9.80. The summed E-state index contributed by atoms with van der Waals surface area (Å²) in [6.07, 6.45) is 0.371. The van der Waals surface area contributed by atoms with Gasteiger partial charge in [-0.25, -0.2) is 9.67 Å². The summed E-state index contributed by atoms with van der Waals surface area (Å²) in [4.78, 5) is 15.4. The molecule has 128 valence electrons. The molecule has 2 heterocycles. The largest absolute Gasteiger partial charge is 0.433 e. The topological polar surface area (TPSA) is 98.7 Å². The van der Waals surface area contributed by atoms with Gasteiger partial charge in [-0.3, -0.25) is 4.79 Å². The lowest BCUT2D eigenvalue weighted by Gasteiger charge is -2.35. The summed E-state index contributed by atoms with van der Waals surface area (Å²) in [6.45, 7) is 0.349. The van der Waals surface area contributed by atoms with Crippen molar-refractivity contribution in [2.45, 2.75) is 25.1 Å². The molecule has 1 aliphatic rings. The molecule has 3 N–H and O–H groups in total. The number of nitrogen functional groups attached to an aromatic ring is 1. The van der Waals surface area contributed by atoms with Gasteiger partial charge in [-0.05, 0) is 30.9 Å². The van der Waals surface area contributed by atoms with Crippen LogP contribution < -0.4 is 11.1 Å². The smallest absolute Gasteiger partial charge is 0.397 e. The Labute approximate surface area is 135 Å². The lowest BCUT2D eigenvalue weighted by Crippen LogP contribution is -2.37. The minimum Gasteiger partial charge on any atom is -0.397 e. The standard InChI is InChI=1S/C14H15F3N6O/c15-14(16,17)11-2-1-10(18)12(21-11)13(24)19-7-8-5-9(6-8)23-4-3-20-22-23/h1-4,8-9H,5-7,18H2,(H,19,24). The molecule has 0 unspecified atom stereocenters. The maximum Gasteiger partial charge on any atom is 0.433 e. The van der Waals surface area contributed by atoms with Crippen LogP contribution in [0, 0.1) is 5.92 Å². The van der Waals surface area contributed by atoms with Crippen molar-refractivity contribution >= 4 is 11.6 Å². The molecule has 0 atom stereocenters. The molecule has 0 radical (unpaired) electrons. The molecule has 0 bridgehead atoms. The van der Waals surface area contributed by atoms with E-state index in [1.807, 2.05) is 0 Å². The molecule has 3 rings (SSSR count). The monoisotopic (exact) mass is 340 g/mol. The normalized spacial score (nSPS) is 20.5. The van der Waals surface area contributed by atoms with E-state index in [0.29, 0.717) is 6.54 Å². The molecule has 1 amide bonds. The van der Waals surface area contributed by atoms with Gasteiger partial charge in [-0.15, -0.1) is 5.10 Å². The summed E-state index contributed by atoms with van der Waals surface area (Å²) in [7, 11) is 0. The predicted octanol–water partition coefficient (Wildman–Crippen LogP) is 1.66. The van der Waals surface area contributed by atoms with Gasteiger partial charge in [0.05, 0.1) is 17.9 Å². The molecule has 1 saturated carbocycles. The second kappa shape index (κ2) is 6.10. The van der Waals surface area contributed by atoms with Crippen molar-refractivity contribution in [2.24, 2.45) is 5.92 Å². The highest BCUT2D eigenvalue weighted by molar-refractivity contribution is 5.97. The predicted molar refractivity (Wildman–Crippen MR) is 77.8 cm³/mol. The highest BCUT2D eigenvalue weighted by atomic mass is 19.4. The number of pyridine rings is 1. The van der Waals surface area contributed by atoms with E-state index in [4.69, 9.17) is 5.73 Å². The maximum atomic E-state index is 12.7. The number of nitrogens with one attached hydrogen (secondary N) is 1. The number of nitrogens with zero attached hydrogens (tertiary/aromatic N) is 4. The van der Waals surface area contributed by atoms with Crippen LogP contribution in [0.25, 0.3) is 0 Å². The van der Waals surface area contributed by atoms with Crippen molar-refractivity contribution < 1.29 is 18.0 Å². The zero-order valence-electron chi connectivity index (χ0n) is 12.5. The molecule has 2 aromatic rings. The molecular weight excluding hydrogens is 325 g/mol. The summed E-state index contributed by atoms with van der Waals surface area (Å²) in [6, 6.07) is 2.03. The van der Waals surface area contributed by atoms with Crippen molar-refractivity contribution in [1.29, 1.82) is 0 Å². The molecule has 7 nitrogen and oxygen atoms in total. The molecule has 0 saturated heterocycles. The van der Waals surface area contributed by atoms with Gasteiger partial charge in [0.1, 0.15) is 5.69 Å². The molecule has 0 aliphatic heterocycles. The maximum absolute atomic E-state index is 12.7. The third-order valence-corrected chi connectivity index (χ3v) is 4.01. The van der Waals surface area contributed by atoms with E-state index in [0.717, 1.165) is 25.0 Å². The lowest BCUT2D eigenvalue weighted by molar-refractivity contribution is -0.141. The van der Waals surface area contributed by atoms with Gasteiger partial charge in [-0.1, -0.05) is 5.21 Å². The van der Waals surface area contributed by atoms with Crippen molar-refractivity contribution in [3.63, 3.8) is 0 Å². The Balaban J connectivity index is 1.56. The number of hydrogen-bond acceptors (Lipinski definition) is 5. The fourth-order valence-electron chi connectivity index (χ4n) is 2.63. The van der Waals surface area contributed by atoms with Gasteiger partial charge in [0.15, 0.2) is 5.69 Å². The van der Waals surface area contributed by atoms with Gasteiger partial charge < -0.3 is 11.1 Å². The van der Waals surface area contributed by atoms with Crippen LogP contribution in [0.4, 0.5) is 18.9 Å². The Morgan fingerprint density at radius 3 is 2.75 bits per heavy atom. The van der Waals surface area contributed by atoms with Crippen molar-refractivity contribution in [3.05, 3.63) is 35.9 Å². The minimum atomic E-state index is -4.62. The first-order valence-corrected chi connectivity index (χ1v) is 7.32. The van der Waals surface area contributed by atoms with E-state index < -0.39 is 23.5 Å². The first kappa shape index (κ1) is 16.2. The van der Waals surface area contributed by atoms with Crippen LogP contribution in [-0.4, -0.2) is 32.4 Å². The van der Waals surface area contributed by atoms with E-state index >= 15 is 0 Å². The highest BCUT2D eigenvalue weighted by Crippen LogP contribution is 2.36. The summed E-state index contributed by atoms with van der Waals surface area (Å²) < 4.78 is 39.8. The Bertz CT molecular complexity index is 725. The van der Waals surface area contributed by atoms with E-state index in [2.05, 4.69) is 20.6 Å². The van der Waals surface area contributed by atoms with Crippen LogP contribution in [0.15, 0.2) is 24.5 Å². The first-order valence-electron chi connectivity index (χ1n) is 7.32. The van der Waals surface area contributed by atoms with Crippen LogP contribution in [0.5, 0.6) is 0 Å². The summed E-state index contributed by atoms with van der Waals surface area (Å²) in [5.41, 5.74) is 3.93. The number of alkyl halides is 3. The molecule has 2 aromatic heterocycles. The first-order chi connectivity index (χ1) is 11.3. The number of halogens is 3. The fourth-order valence-corrected chi connectivity index (χ4v) is 2.63. The van der Waals surface area contributed by atoms with Crippen LogP contribution in [0.2, 0.25) is 0 Å². The summed E-state index contributed by atoms with van der Waals surface area (Å²) in [5, 5.41) is 10.2. The van der Waals surface area contributed by atoms with E-state index in [9.17, 15) is 18.0 Å². The van der Waals surface area contributed by atoms with Crippen LogP contribution in [0.3, 0.4) is 0 Å². The number of hydrogen-bond donors (Lipinski definition) is 2. The van der Waals surface area contributed by atoms with E-state index in [1.54, 1.807) is 17.1 Å². The van der Waals surface area contributed by atoms with Gasteiger partial charge in [-0.2, -0.15) is 13.2 Å². The molecule has 24 heavy (non-hydrogen) atoms. The number of amides is 1. The van der Waals surface area contributed by atoms with Gasteiger partial charge in [0, 0.05) is 12.7 Å². The Kier molecular flexibility index (Phi) is 4.12. The Morgan fingerprint density at radius 2 is 2.12 bits per heavy atom. The average molecular weight is 340 g/mol. The van der Waals surface area contributed by atoms with Crippen molar-refractivity contribution in [1.82, 2.24) is 25.3 Å².